The van der Waals surface area contributed by atoms with Gasteiger partial charge in [0.15, 0.2) is 0 Å². The van der Waals surface area contributed by atoms with Crippen LogP contribution in [0.2, 0.25) is 0 Å². The van der Waals surface area contributed by atoms with Crippen molar-refractivity contribution < 1.29 is 9.18 Å². The second kappa shape index (κ2) is 5.95. The van der Waals surface area contributed by atoms with Gasteiger partial charge in [-0.05, 0) is 58.2 Å². The Kier molecular flexibility index (Phi) is 4.03. The molecular formula is C16H14BrFN2O. The van der Waals surface area contributed by atoms with Crippen LogP contribution in [0.5, 0.6) is 0 Å². The smallest absolute Gasteiger partial charge is 0.256 e. The van der Waals surface area contributed by atoms with Crippen LogP contribution in [0, 0.1) is 5.82 Å². The topological polar surface area (TPSA) is 41.1 Å². The second-order valence-corrected chi connectivity index (χ2v) is 5.78. The lowest BCUT2D eigenvalue weighted by Crippen LogP contribution is -2.26. The predicted molar refractivity (Wildman–Crippen MR) is 83.9 cm³/mol. The van der Waals surface area contributed by atoms with E-state index >= 15 is 0 Å². The Bertz CT molecular complexity index is 682. The number of fused-ring (bicyclic) bond motifs is 1. The van der Waals surface area contributed by atoms with E-state index in [2.05, 4.69) is 26.6 Å². The Labute approximate surface area is 130 Å². The Hall–Kier alpha value is -1.72. The van der Waals surface area contributed by atoms with Gasteiger partial charge in [-0.15, -0.1) is 0 Å². The summed E-state index contributed by atoms with van der Waals surface area (Å²) in [6.07, 6.45) is 0.803. The molecule has 0 saturated heterocycles. The van der Waals surface area contributed by atoms with Crippen LogP contribution in [0.4, 0.5) is 10.1 Å². The van der Waals surface area contributed by atoms with E-state index in [1.807, 2.05) is 12.1 Å². The molecule has 0 unspecified atom stereocenters. The van der Waals surface area contributed by atoms with E-state index in [1.165, 1.54) is 6.07 Å². The summed E-state index contributed by atoms with van der Waals surface area (Å²) in [6.45, 7) is 1.61. The van der Waals surface area contributed by atoms with Gasteiger partial charge in [-0.2, -0.15) is 0 Å². The van der Waals surface area contributed by atoms with Crippen molar-refractivity contribution in [3.8, 4) is 0 Å². The molecule has 1 aliphatic rings. The molecule has 2 aromatic rings. The molecule has 3 rings (SSSR count). The number of carbonyl (C=O) groups excluding carboxylic acids is 1. The molecule has 21 heavy (non-hydrogen) atoms. The maximum atomic E-state index is 13.8. The minimum atomic E-state index is -0.454. The molecular weight excluding hydrogens is 335 g/mol. The maximum Gasteiger partial charge on any atom is 0.256 e. The number of amides is 1. The Morgan fingerprint density at radius 3 is 2.86 bits per heavy atom. The summed E-state index contributed by atoms with van der Waals surface area (Å²) >= 11 is 3.26. The van der Waals surface area contributed by atoms with E-state index in [1.54, 1.807) is 18.2 Å². The first-order valence-corrected chi connectivity index (χ1v) is 7.53. The van der Waals surface area contributed by atoms with E-state index in [4.69, 9.17) is 0 Å². The fourth-order valence-corrected chi connectivity index (χ4v) is 2.98. The summed E-state index contributed by atoms with van der Waals surface area (Å²) in [7, 11) is 0. The first-order chi connectivity index (χ1) is 10.2. The van der Waals surface area contributed by atoms with Gasteiger partial charge in [-0.1, -0.05) is 18.2 Å². The number of rotatable bonds is 2. The molecule has 2 N–H and O–H groups in total. The maximum absolute atomic E-state index is 13.8. The largest absolute Gasteiger partial charge is 0.319 e. The monoisotopic (exact) mass is 348 g/mol. The molecule has 0 bridgehead atoms. The zero-order chi connectivity index (χ0) is 14.8. The molecule has 5 heteroatoms. The number of carbonyl (C=O) groups is 1. The predicted octanol–water partition coefficient (Wildman–Crippen LogP) is 3.49. The molecule has 3 nitrogen and oxygen atoms in total. The fraction of sp³-hybridized carbons (Fsp3) is 0.188. The highest BCUT2D eigenvalue weighted by Crippen LogP contribution is 2.27. The molecule has 0 spiro atoms. The number of halogens is 2. The number of anilines is 1. The van der Waals surface area contributed by atoms with Crippen molar-refractivity contribution in [1.29, 1.82) is 0 Å². The van der Waals surface area contributed by atoms with E-state index in [0.29, 0.717) is 10.0 Å². The van der Waals surface area contributed by atoms with E-state index in [-0.39, 0.29) is 11.6 Å². The van der Waals surface area contributed by atoms with Crippen LogP contribution in [0.1, 0.15) is 21.5 Å². The quantitative estimate of drug-likeness (QED) is 0.872. The number of hydrogen-bond donors (Lipinski definition) is 2. The molecule has 1 heterocycles. The Morgan fingerprint density at radius 2 is 2.05 bits per heavy atom. The number of benzene rings is 2. The second-order valence-electron chi connectivity index (χ2n) is 4.92. The summed E-state index contributed by atoms with van der Waals surface area (Å²) in [5.41, 5.74) is 2.96. The van der Waals surface area contributed by atoms with E-state index in [0.717, 1.165) is 30.6 Å². The summed E-state index contributed by atoms with van der Waals surface area (Å²) in [5.74, 6) is -0.733. The van der Waals surface area contributed by atoms with Crippen LogP contribution in [0.3, 0.4) is 0 Å². The number of nitrogens with one attached hydrogen (secondary N) is 2. The third-order valence-electron chi connectivity index (χ3n) is 3.59. The van der Waals surface area contributed by atoms with Crippen molar-refractivity contribution in [3.05, 3.63) is 63.4 Å². The zero-order valence-electron chi connectivity index (χ0n) is 11.2. The molecule has 108 valence electrons. The van der Waals surface area contributed by atoms with Gasteiger partial charge in [0.2, 0.25) is 0 Å². The minimum absolute atomic E-state index is 0.175. The van der Waals surface area contributed by atoms with Crippen LogP contribution in [0.25, 0.3) is 0 Å². The van der Waals surface area contributed by atoms with Crippen LogP contribution in [0.15, 0.2) is 40.9 Å². The molecule has 0 fully saturated rings. The van der Waals surface area contributed by atoms with Gasteiger partial charge in [0.1, 0.15) is 5.82 Å². The molecule has 0 atom stereocenters. The fourth-order valence-electron chi connectivity index (χ4n) is 2.54. The number of para-hydroxylation sites is 1. The summed E-state index contributed by atoms with van der Waals surface area (Å²) in [4.78, 5) is 12.5. The van der Waals surface area contributed by atoms with Gasteiger partial charge in [0, 0.05) is 16.6 Å². The van der Waals surface area contributed by atoms with Crippen molar-refractivity contribution in [2.24, 2.45) is 0 Å². The summed E-state index contributed by atoms with van der Waals surface area (Å²) < 4.78 is 14.3. The lowest BCUT2D eigenvalue weighted by molar-refractivity contribution is 0.102. The first kappa shape index (κ1) is 14.2. The van der Waals surface area contributed by atoms with Crippen molar-refractivity contribution in [3.63, 3.8) is 0 Å². The Balaban J connectivity index is 1.93. The summed E-state index contributed by atoms with van der Waals surface area (Å²) in [5, 5.41) is 5.94. The lowest BCUT2D eigenvalue weighted by Gasteiger charge is -2.20. The van der Waals surface area contributed by atoms with E-state index < -0.39 is 5.82 Å². The Morgan fingerprint density at radius 1 is 1.24 bits per heavy atom. The third kappa shape index (κ3) is 2.84. The average Bonchev–Trinajstić information content (AvgIpc) is 2.50. The molecule has 0 saturated carbocycles. The van der Waals surface area contributed by atoms with Crippen molar-refractivity contribution in [2.75, 3.05) is 11.9 Å². The average molecular weight is 349 g/mol. The molecule has 1 amide bonds. The molecule has 2 aromatic carbocycles. The molecule has 0 radical (unpaired) electrons. The van der Waals surface area contributed by atoms with Gasteiger partial charge in [-0.3, -0.25) is 4.79 Å². The van der Waals surface area contributed by atoms with Gasteiger partial charge in [0.25, 0.3) is 5.91 Å². The standard InChI is InChI=1S/C16H14BrFN2O/c17-13-5-2-6-14(18)15(13)20-16(21)12-4-1-3-10-9-19-8-7-11(10)12/h1-6,19H,7-9H2,(H,20,21). The molecule has 0 aromatic heterocycles. The van der Waals surface area contributed by atoms with Crippen LogP contribution >= 0.6 is 15.9 Å². The normalized spacial score (nSPS) is 13.6. The SMILES string of the molecule is O=C(Nc1c(F)cccc1Br)c1cccc2c1CCNC2. The van der Waals surface area contributed by atoms with Gasteiger partial charge < -0.3 is 10.6 Å². The molecule has 1 aliphatic heterocycles. The number of hydrogen-bond acceptors (Lipinski definition) is 2. The van der Waals surface area contributed by atoms with Gasteiger partial charge >= 0.3 is 0 Å². The lowest BCUT2D eigenvalue weighted by atomic mass is 9.95. The van der Waals surface area contributed by atoms with Crippen LogP contribution in [-0.2, 0) is 13.0 Å². The highest BCUT2D eigenvalue weighted by atomic mass is 79.9. The molecule has 0 aliphatic carbocycles. The van der Waals surface area contributed by atoms with E-state index in [9.17, 15) is 9.18 Å². The highest BCUT2D eigenvalue weighted by molar-refractivity contribution is 9.10. The van der Waals surface area contributed by atoms with Crippen LogP contribution < -0.4 is 10.6 Å². The van der Waals surface area contributed by atoms with Gasteiger partial charge in [-0.25, -0.2) is 4.39 Å². The van der Waals surface area contributed by atoms with Crippen molar-refractivity contribution in [1.82, 2.24) is 5.32 Å². The first-order valence-electron chi connectivity index (χ1n) is 6.73. The zero-order valence-corrected chi connectivity index (χ0v) is 12.8. The summed E-state index contributed by atoms with van der Waals surface area (Å²) in [6, 6.07) is 10.3. The van der Waals surface area contributed by atoms with Crippen molar-refractivity contribution in [2.45, 2.75) is 13.0 Å². The van der Waals surface area contributed by atoms with Crippen LogP contribution in [-0.4, -0.2) is 12.5 Å². The minimum Gasteiger partial charge on any atom is -0.319 e. The van der Waals surface area contributed by atoms with Gasteiger partial charge in [0.05, 0.1) is 5.69 Å². The third-order valence-corrected chi connectivity index (χ3v) is 4.25. The highest BCUT2D eigenvalue weighted by Gasteiger charge is 2.19. The van der Waals surface area contributed by atoms with Crippen molar-refractivity contribution >= 4 is 27.5 Å².